The Balaban J connectivity index is 0.000000293. The molecule has 6 rings (SSSR count). The van der Waals surface area contributed by atoms with Crippen LogP contribution in [0.3, 0.4) is 0 Å². The fourth-order valence-electron chi connectivity index (χ4n) is 9.62. The molecule has 18 nitrogen and oxygen atoms in total. The molecule has 0 aromatic heterocycles. The largest absolute Gasteiger partial charge is 0.483 e. The number of carbonyl (C=O) groups excluding carboxylic acids is 9. The number of rotatable bonds is 23. The van der Waals surface area contributed by atoms with Gasteiger partial charge in [-0.3, -0.25) is 38.4 Å². The molecule has 1 fully saturated rings. The fraction of sp³-hybridized carbons (Fsp3) is 0.492. The number of ketones is 2. The molecule has 2 heterocycles. The molecule has 1 saturated heterocycles. The van der Waals surface area contributed by atoms with Crippen molar-refractivity contribution in [1.82, 2.24) is 31.5 Å². The number of ether oxygens (including phenoxy) is 3. The van der Waals surface area contributed by atoms with Gasteiger partial charge in [-0.1, -0.05) is 132 Å². The summed E-state index contributed by atoms with van der Waals surface area (Å²) in [5, 5.41) is 13.8. The van der Waals surface area contributed by atoms with Gasteiger partial charge in [-0.25, -0.2) is 4.79 Å². The van der Waals surface area contributed by atoms with Crippen LogP contribution in [0.1, 0.15) is 127 Å². The molecule has 3 aromatic rings. The summed E-state index contributed by atoms with van der Waals surface area (Å²) in [4.78, 5) is 115. The molecule has 5 N–H and O–H groups in total. The molecule has 1 unspecified atom stereocenters. The minimum Gasteiger partial charge on any atom is -0.483 e. The third-order valence-corrected chi connectivity index (χ3v) is 14.0. The Kier molecular flexibility index (Phi) is 23.6. The van der Waals surface area contributed by atoms with E-state index < -0.39 is 53.3 Å². The summed E-state index contributed by atoms with van der Waals surface area (Å²) in [5.41, 5.74) is 2.04. The second-order valence-corrected chi connectivity index (χ2v) is 21.6. The van der Waals surface area contributed by atoms with Crippen LogP contribution in [0.25, 0.3) is 5.76 Å². The quantitative estimate of drug-likeness (QED) is 0.0280. The van der Waals surface area contributed by atoms with Crippen molar-refractivity contribution in [2.45, 2.75) is 143 Å². The van der Waals surface area contributed by atoms with Crippen molar-refractivity contribution in [3.8, 4) is 0 Å². The zero-order valence-corrected chi connectivity index (χ0v) is 47.2. The molecule has 0 bridgehead atoms. The maximum absolute atomic E-state index is 13.9. The van der Waals surface area contributed by atoms with Gasteiger partial charge < -0.3 is 45.7 Å². The van der Waals surface area contributed by atoms with E-state index in [1.807, 2.05) is 86.7 Å². The Morgan fingerprint density at radius 3 is 2.06 bits per heavy atom. The van der Waals surface area contributed by atoms with Crippen molar-refractivity contribution < 1.29 is 57.4 Å². The van der Waals surface area contributed by atoms with E-state index in [2.05, 4.69) is 40.4 Å². The Labute approximate surface area is 464 Å². The predicted octanol–water partition coefficient (Wildman–Crippen LogP) is 6.95. The number of hydrogen-bond acceptors (Lipinski definition) is 12. The number of likely N-dealkylation sites (tertiary alicyclic amines) is 1. The highest BCUT2D eigenvalue weighted by atomic mass is 16.6. The van der Waals surface area contributed by atoms with E-state index in [9.17, 15) is 43.2 Å². The number of esters is 1. The van der Waals surface area contributed by atoms with Gasteiger partial charge in [0.05, 0.1) is 17.9 Å². The van der Waals surface area contributed by atoms with Gasteiger partial charge in [-0.15, -0.1) is 0 Å². The number of carbonyl (C=O) groups is 9. The zero-order chi connectivity index (χ0) is 57.8. The average molecular weight is 1090 g/mol. The third-order valence-electron chi connectivity index (χ3n) is 14.0. The second-order valence-electron chi connectivity index (χ2n) is 21.6. The summed E-state index contributed by atoms with van der Waals surface area (Å²) >= 11 is 0. The van der Waals surface area contributed by atoms with Gasteiger partial charge in [0, 0.05) is 63.1 Å². The van der Waals surface area contributed by atoms with E-state index in [1.54, 1.807) is 57.0 Å². The van der Waals surface area contributed by atoms with Crippen molar-refractivity contribution in [3.05, 3.63) is 125 Å². The molecule has 79 heavy (non-hydrogen) atoms. The Morgan fingerprint density at radius 1 is 0.785 bits per heavy atom. The highest BCUT2D eigenvalue weighted by molar-refractivity contribution is 6.52. The van der Waals surface area contributed by atoms with Gasteiger partial charge in [0.15, 0.2) is 0 Å². The zero-order valence-electron chi connectivity index (χ0n) is 47.2. The maximum Gasteiger partial charge on any atom is 0.407 e. The minimum absolute atomic E-state index is 0.0597. The van der Waals surface area contributed by atoms with Crippen LogP contribution >= 0.6 is 0 Å². The summed E-state index contributed by atoms with van der Waals surface area (Å²) in [6.07, 6.45) is 6.13. The summed E-state index contributed by atoms with van der Waals surface area (Å²) in [6.45, 7) is 15.8. The van der Waals surface area contributed by atoms with Crippen LogP contribution in [0.2, 0.25) is 0 Å². The molecule has 3 aromatic carbocycles. The Bertz CT molecular complexity index is 2690. The van der Waals surface area contributed by atoms with Crippen LogP contribution in [-0.2, 0) is 60.8 Å². The summed E-state index contributed by atoms with van der Waals surface area (Å²) in [6, 6.07) is 24.5. The van der Waals surface area contributed by atoms with Gasteiger partial charge in [-0.2, -0.15) is 0 Å². The van der Waals surface area contributed by atoms with Crippen molar-refractivity contribution in [3.63, 3.8) is 0 Å². The molecule has 6 amide bonds. The molecular formula is C61H80N6O12. The highest BCUT2D eigenvalue weighted by Crippen LogP contribution is 2.42. The summed E-state index contributed by atoms with van der Waals surface area (Å²) < 4.78 is 16.9. The third kappa shape index (κ3) is 18.5. The van der Waals surface area contributed by atoms with Crippen LogP contribution in [0.5, 0.6) is 0 Å². The van der Waals surface area contributed by atoms with Crippen LogP contribution in [0, 0.1) is 23.7 Å². The van der Waals surface area contributed by atoms with Crippen LogP contribution in [0.4, 0.5) is 4.79 Å². The lowest BCUT2D eigenvalue weighted by molar-refractivity contribution is -0.163. The summed E-state index contributed by atoms with van der Waals surface area (Å²) in [7, 11) is 1.54. The molecule has 0 radical (unpaired) electrons. The lowest BCUT2D eigenvalue weighted by Crippen LogP contribution is -2.55. The van der Waals surface area contributed by atoms with Crippen LogP contribution < -0.4 is 26.6 Å². The first-order valence-electron chi connectivity index (χ1n) is 27.4. The van der Waals surface area contributed by atoms with E-state index in [1.165, 1.54) is 6.92 Å². The lowest BCUT2D eigenvalue weighted by Gasteiger charge is -2.41. The molecule has 3 aliphatic rings. The van der Waals surface area contributed by atoms with Gasteiger partial charge in [0.1, 0.15) is 36.2 Å². The molecule has 18 heteroatoms. The number of nitrogens with zero attached hydrogens (tertiary/aromatic N) is 1. The number of fused-ring (bicyclic) bond motifs is 2. The van der Waals surface area contributed by atoms with Crippen molar-refractivity contribution in [2.75, 3.05) is 26.7 Å². The Morgan fingerprint density at radius 2 is 1.43 bits per heavy atom. The number of nitrogens with one attached hydrogen (secondary N) is 5. The fourth-order valence-corrected chi connectivity index (χ4v) is 9.62. The minimum atomic E-state index is -0.942. The first kappa shape index (κ1) is 62.2. The highest BCUT2D eigenvalue weighted by Gasteiger charge is 2.47. The van der Waals surface area contributed by atoms with Crippen LogP contribution in [0.15, 0.2) is 103 Å². The molecule has 0 spiro atoms. The molecule has 426 valence electrons. The monoisotopic (exact) mass is 1090 g/mol. The lowest BCUT2D eigenvalue weighted by atomic mass is 9.81. The van der Waals surface area contributed by atoms with Gasteiger partial charge >= 0.3 is 12.1 Å². The normalized spacial score (nSPS) is 17.9. The molecule has 6 atom stereocenters. The van der Waals surface area contributed by atoms with Crippen molar-refractivity contribution >= 4 is 58.9 Å². The van der Waals surface area contributed by atoms with E-state index in [-0.39, 0.29) is 79.0 Å². The predicted molar refractivity (Wildman–Crippen MR) is 298 cm³/mol. The smallest absolute Gasteiger partial charge is 0.407 e. The number of hydrogen-bond donors (Lipinski definition) is 5. The van der Waals surface area contributed by atoms with Gasteiger partial charge in [0.25, 0.3) is 0 Å². The SMILES string of the molecule is CNC(=O)[C@@H](NC(=O)[C@@H]1CCCN1C(=O)[C@H](/C=C/[C@H](CC(C)C)NC(C)=O)Cc1ccccc1)C(C)C.C[C@@H](CCCNC(=O)OCc1ccccc1)C(=O)NCCC(=O)OC1CC2=C(OC1(C)C)c1ccccc1C(=O)C2=O. The van der Waals surface area contributed by atoms with Crippen LogP contribution in [-0.4, -0.2) is 115 Å². The number of Topliss-reactive ketones (excluding diaryl/α,β-unsaturated/α-hetero) is 2. The molecular weight excluding hydrogens is 1010 g/mol. The number of likely N-dealkylation sites (N-methyl/N-ethyl adjacent to an activating group) is 1. The van der Waals surface area contributed by atoms with Crippen molar-refractivity contribution in [2.24, 2.45) is 23.7 Å². The van der Waals surface area contributed by atoms with Gasteiger partial charge in [0.2, 0.25) is 41.1 Å². The number of alkyl carbamates (subject to hydrolysis) is 1. The Hall–Kier alpha value is -7.63. The standard InChI is InChI=1S/C32H36N2O8.C29H44N4O4/c1-20(10-9-16-34-31(39)40-19-21-11-5-4-6-12-21)30(38)33-17-15-26(35)41-25-18-24-28(37)27(36)22-13-7-8-14-23(22)29(24)42-32(25,2)3;1-19(2)17-24(31-21(5)34)15-14-23(18-22-11-8-7-9-12-22)29(37)33-16-10-13-25(33)27(35)32-26(20(3)4)28(36)30-6/h4-8,11-14,20,25H,9-10,15-19H2,1-3H3,(H,33,38)(H,34,39);7-9,11-12,14-15,19-20,23-26H,10,13,16-18H2,1-6H3,(H,30,36)(H,31,34)(H,32,35)/b;15-14+/t20-,25?;23-,24-,25+,26+/m01/s1. The summed E-state index contributed by atoms with van der Waals surface area (Å²) in [5.74, 6) is -2.99. The maximum atomic E-state index is 13.9. The van der Waals surface area contributed by atoms with E-state index >= 15 is 0 Å². The molecule has 1 aliphatic carbocycles. The van der Waals surface area contributed by atoms with E-state index in [4.69, 9.17) is 14.2 Å². The topological polar surface area (TPSA) is 245 Å². The first-order valence-corrected chi connectivity index (χ1v) is 27.4. The van der Waals surface area contributed by atoms with E-state index in [0.29, 0.717) is 61.6 Å². The molecule has 0 saturated carbocycles. The van der Waals surface area contributed by atoms with E-state index in [0.717, 1.165) is 24.0 Å². The first-order chi connectivity index (χ1) is 37.6. The second kappa shape index (κ2) is 29.9. The molecule has 2 aliphatic heterocycles. The van der Waals surface area contributed by atoms with Gasteiger partial charge in [-0.05, 0) is 75.3 Å². The number of benzene rings is 3. The number of amides is 6. The van der Waals surface area contributed by atoms with Crippen molar-refractivity contribution in [1.29, 1.82) is 0 Å². The average Bonchev–Trinajstić information content (AvgIpc) is 4.02.